The molecule has 2 saturated heterocycles. The molecule has 18 heavy (non-hydrogen) atoms. The van der Waals surface area contributed by atoms with Gasteiger partial charge in [-0.15, -0.1) is 0 Å². The van der Waals surface area contributed by atoms with Gasteiger partial charge in [-0.3, -0.25) is 4.90 Å². The number of ether oxygens (including phenoxy) is 2. The Morgan fingerprint density at radius 2 is 2.22 bits per heavy atom. The number of nitrogens with two attached hydrogens (primary N) is 1. The van der Waals surface area contributed by atoms with E-state index in [4.69, 9.17) is 15.2 Å². The van der Waals surface area contributed by atoms with Crippen molar-refractivity contribution in [2.24, 2.45) is 5.73 Å². The highest BCUT2D eigenvalue weighted by Gasteiger charge is 2.48. The van der Waals surface area contributed by atoms with Gasteiger partial charge in [0.1, 0.15) is 12.2 Å². The number of hydrogen-bond acceptors (Lipinski definition) is 6. The largest absolute Gasteiger partial charge is 0.394 e. The molecule has 0 amide bonds. The molecule has 0 unspecified atom stereocenters. The van der Waals surface area contributed by atoms with E-state index in [0.29, 0.717) is 19.2 Å². The first-order valence-corrected chi connectivity index (χ1v) is 6.62. The summed E-state index contributed by atoms with van der Waals surface area (Å²) in [6.45, 7) is 1.77. The van der Waals surface area contributed by atoms with E-state index in [0.717, 1.165) is 19.4 Å². The summed E-state index contributed by atoms with van der Waals surface area (Å²) in [6, 6.07) is 0.180. The van der Waals surface area contributed by atoms with Gasteiger partial charge in [0.2, 0.25) is 0 Å². The zero-order valence-corrected chi connectivity index (χ0v) is 10.9. The van der Waals surface area contributed by atoms with Crippen molar-refractivity contribution in [1.82, 2.24) is 4.90 Å². The van der Waals surface area contributed by atoms with Crippen LogP contribution in [0.2, 0.25) is 0 Å². The van der Waals surface area contributed by atoms with Crippen LogP contribution in [-0.4, -0.2) is 78.9 Å². The zero-order valence-electron chi connectivity index (χ0n) is 10.9. The average molecular weight is 260 g/mol. The predicted octanol–water partition coefficient (Wildman–Crippen LogP) is -1.45. The molecule has 0 aromatic rings. The van der Waals surface area contributed by atoms with Gasteiger partial charge in [0.05, 0.1) is 25.4 Å². The van der Waals surface area contributed by atoms with E-state index < -0.39 is 12.2 Å². The van der Waals surface area contributed by atoms with Gasteiger partial charge in [-0.25, -0.2) is 0 Å². The number of hydrogen-bond donors (Lipinski definition) is 3. The van der Waals surface area contributed by atoms with Crippen molar-refractivity contribution in [2.45, 2.75) is 43.2 Å². The molecule has 2 aliphatic heterocycles. The molecular formula is C12H24N2O4. The van der Waals surface area contributed by atoms with Crippen LogP contribution in [0.25, 0.3) is 0 Å². The summed E-state index contributed by atoms with van der Waals surface area (Å²) >= 11 is 0. The molecule has 106 valence electrons. The second-order valence-electron chi connectivity index (χ2n) is 5.10. The van der Waals surface area contributed by atoms with Gasteiger partial charge in [-0.05, 0) is 19.4 Å². The fourth-order valence-electron chi connectivity index (χ4n) is 3.20. The monoisotopic (exact) mass is 260 g/mol. The molecule has 0 bridgehead atoms. The maximum atomic E-state index is 10.3. The highest BCUT2D eigenvalue weighted by atomic mass is 16.5. The summed E-state index contributed by atoms with van der Waals surface area (Å²) in [5.41, 5.74) is 5.71. The molecule has 0 aliphatic carbocycles. The maximum Gasteiger partial charge on any atom is 0.109 e. The van der Waals surface area contributed by atoms with Crippen molar-refractivity contribution in [3.05, 3.63) is 0 Å². The highest BCUT2D eigenvalue weighted by Crippen LogP contribution is 2.31. The Kier molecular flexibility index (Phi) is 4.94. The van der Waals surface area contributed by atoms with Gasteiger partial charge in [0.15, 0.2) is 0 Å². The Morgan fingerprint density at radius 1 is 1.44 bits per heavy atom. The van der Waals surface area contributed by atoms with E-state index in [9.17, 15) is 10.2 Å². The lowest BCUT2D eigenvalue weighted by Gasteiger charge is -2.34. The Morgan fingerprint density at radius 3 is 2.83 bits per heavy atom. The SMILES string of the molecule is COC[C@H]1CCCN1[C@@H]1[C@H](O)[C@H](CO)O[C@@H]1CN. The van der Waals surface area contributed by atoms with Crippen molar-refractivity contribution in [3.63, 3.8) is 0 Å². The third-order valence-corrected chi connectivity index (χ3v) is 4.04. The summed E-state index contributed by atoms with van der Waals surface area (Å²) in [6.07, 6.45) is 0.749. The molecule has 0 aromatic carbocycles. The molecule has 2 fully saturated rings. The first kappa shape index (κ1) is 14.2. The standard InChI is InChI=1S/C12H24N2O4/c1-17-7-8-3-2-4-14(8)11-9(5-13)18-10(6-15)12(11)16/h8-12,15-16H,2-7,13H2,1H3/t8-,9-,10+,11+,12-/m1/s1. The van der Waals surface area contributed by atoms with Crippen LogP contribution in [-0.2, 0) is 9.47 Å². The minimum Gasteiger partial charge on any atom is -0.394 e. The van der Waals surface area contributed by atoms with Crippen molar-refractivity contribution in [1.29, 1.82) is 0 Å². The Balaban J connectivity index is 2.09. The number of methoxy groups -OCH3 is 1. The molecule has 2 aliphatic rings. The van der Waals surface area contributed by atoms with Crippen LogP contribution in [0.4, 0.5) is 0 Å². The second-order valence-corrected chi connectivity index (χ2v) is 5.10. The summed E-state index contributed by atoms with van der Waals surface area (Å²) < 4.78 is 10.8. The van der Waals surface area contributed by atoms with E-state index in [1.165, 1.54) is 0 Å². The first-order chi connectivity index (χ1) is 8.72. The Bertz CT molecular complexity index is 264. The lowest BCUT2D eigenvalue weighted by molar-refractivity contribution is -0.0193. The van der Waals surface area contributed by atoms with Crippen LogP contribution >= 0.6 is 0 Å². The van der Waals surface area contributed by atoms with E-state index in [2.05, 4.69) is 4.90 Å². The van der Waals surface area contributed by atoms with Crippen molar-refractivity contribution >= 4 is 0 Å². The van der Waals surface area contributed by atoms with Crippen LogP contribution < -0.4 is 5.73 Å². The van der Waals surface area contributed by atoms with Gasteiger partial charge < -0.3 is 25.4 Å². The lowest BCUT2D eigenvalue weighted by atomic mass is 10.0. The topological polar surface area (TPSA) is 88.2 Å². The minimum atomic E-state index is -0.680. The number of nitrogens with zero attached hydrogens (tertiary/aromatic N) is 1. The fraction of sp³-hybridized carbons (Fsp3) is 1.00. The van der Waals surface area contributed by atoms with Gasteiger partial charge in [0.25, 0.3) is 0 Å². The molecule has 0 saturated carbocycles. The second kappa shape index (κ2) is 6.27. The number of aliphatic hydroxyl groups is 2. The molecule has 4 N–H and O–H groups in total. The van der Waals surface area contributed by atoms with E-state index in [1.807, 2.05) is 0 Å². The zero-order chi connectivity index (χ0) is 13.1. The smallest absolute Gasteiger partial charge is 0.109 e. The summed E-state index contributed by atoms with van der Waals surface area (Å²) in [7, 11) is 1.69. The third-order valence-electron chi connectivity index (χ3n) is 4.04. The van der Waals surface area contributed by atoms with Crippen LogP contribution in [0.5, 0.6) is 0 Å². The minimum absolute atomic E-state index is 0.130. The molecule has 0 radical (unpaired) electrons. The summed E-state index contributed by atoms with van der Waals surface area (Å²) in [5.74, 6) is 0. The van der Waals surface area contributed by atoms with Crippen molar-refractivity contribution in [2.75, 3.05) is 33.4 Å². The normalized spacial score (nSPS) is 41.7. The predicted molar refractivity (Wildman–Crippen MR) is 66.2 cm³/mol. The first-order valence-electron chi connectivity index (χ1n) is 6.62. The average Bonchev–Trinajstić information content (AvgIpc) is 2.93. The van der Waals surface area contributed by atoms with Crippen LogP contribution in [0.1, 0.15) is 12.8 Å². The Labute approximate surface area is 108 Å². The van der Waals surface area contributed by atoms with E-state index in [1.54, 1.807) is 7.11 Å². The quantitative estimate of drug-likeness (QED) is 0.560. The molecule has 5 atom stereocenters. The van der Waals surface area contributed by atoms with Gasteiger partial charge in [-0.1, -0.05) is 0 Å². The highest BCUT2D eigenvalue weighted by molar-refractivity contribution is 5.00. The molecule has 6 heteroatoms. The van der Waals surface area contributed by atoms with Crippen molar-refractivity contribution in [3.8, 4) is 0 Å². The number of rotatable bonds is 5. The molecule has 0 aromatic heterocycles. The van der Waals surface area contributed by atoms with Crippen LogP contribution in [0.15, 0.2) is 0 Å². The lowest BCUT2D eigenvalue weighted by Crippen LogP contribution is -2.52. The molecule has 2 heterocycles. The summed E-state index contributed by atoms with van der Waals surface area (Å²) in [4.78, 5) is 2.24. The van der Waals surface area contributed by atoms with Gasteiger partial charge >= 0.3 is 0 Å². The van der Waals surface area contributed by atoms with Crippen LogP contribution in [0.3, 0.4) is 0 Å². The maximum absolute atomic E-state index is 10.3. The molecular weight excluding hydrogens is 236 g/mol. The molecule has 6 nitrogen and oxygen atoms in total. The van der Waals surface area contributed by atoms with E-state index >= 15 is 0 Å². The number of likely N-dealkylation sites (tertiary alicyclic amines) is 1. The Hall–Kier alpha value is -0.240. The van der Waals surface area contributed by atoms with Crippen molar-refractivity contribution < 1.29 is 19.7 Å². The third kappa shape index (κ3) is 2.54. The van der Waals surface area contributed by atoms with Crippen LogP contribution in [0, 0.1) is 0 Å². The molecule has 2 rings (SSSR count). The molecule has 0 spiro atoms. The van der Waals surface area contributed by atoms with Gasteiger partial charge in [-0.2, -0.15) is 0 Å². The van der Waals surface area contributed by atoms with E-state index in [-0.39, 0.29) is 18.8 Å². The number of aliphatic hydroxyl groups excluding tert-OH is 2. The summed E-state index contributed by atoms with van der Waals surface area (Å²) in [5, 5.41) is 19.5. The van der Waals surface area contributed by atoms with Gasteiger partial charge in [0, 0.05) is 19.7 Å². The fourth-order valence-corrected chi connectivity index (χ4v) is 3.20.